The minimum atomic E-state index is -4.77. The fraction of sp³-hybridized carbons (Fsp3) is 0.900. The number of aliphatic carboxylic acids is 1. The molecule has 0 amide bonds. The molecule has 5 nitrogen and oxygen atoms in total. The van der Waals surface area contributed by atoms with Crippen LogP contribution in [0.2, 0.25) is 0 Å². The van der Waals surface area contributed by atoms with Gasteiger partial charge in [0.1, 0.15) is 13.1 Å². The van der Waals surface area contributed by atoms with E-state index in [-0.39, 0.29) is 16.1 Å². The van der Waals surface area contributed by atoms with Crippen LogP contribution in [-0.4, -0.2) is 48.8 Å². The molecular weight excluding hydrogens is 287 g/mol. The number of carbonyl (C=O) groups is 1. The van der Waals surface area contributed by atoms with Crippen LogP contribution in [0.1, 0.15) is 27.2 Å². The zero-order valence-electron chi connectivity index (χ0n) is 11.0. The average molecular weight is 305 g/mol. The zero-order valence-corrected chi connectivity index (χ0v) is 11.8. The third kappa shape index (κ3) is 8.82. The van der Waals surface area contributed by atoms with Gasteiger partial charge in [0.05, 0.1) is 5.75 Å². The van der Waals surface area contributed by atoms with E-state index in [0.29, 0.717) is 0 Å². The summed E-state index contributed by atoms with van der Waals surface area (Å²) in [5.41, 5.74) is -0.375. The van der Waals surface area contributed by atoms with Gasteiger partial charge in [-0.2, -0.15) is 17.5 Å². The van der Waals surface area contributed by atoms with E-state index in [9.17, 15) is 26.4 Å². The van der Waals surface area contributed by atoms with Crippen LogP contribution in [0.5, 0.6) is 0 Å². The molecule has 0 aromatic heterocycles. The van der Waals surface area contributed by atoms with Crippen LogP contribution in [0.15, 0.2) is 0 Å². The van der Waals surface area contributed by atoms with Crippen LogP contribution in [0.25, 0.3) is 0 Å². The van der Waals surface area contributed by atoms with E-state index in [2.05, 4.69) is 0 Å². The number of alkyl halides is 3. The van der Waals surface area contributed by atoms with Gasteiger partial charge in [0.2, 0.25) is 10.0 Å². The van der Waals surface area contributed by atoms with Crippen molar-refractivity contribution < 1.29 is 31.5 Å². The van der Waals surface area contributed by atoms with Crippen LogP contribution < -0.4 is 0 Å². The number of halogens is 3. The second-order valence-corrected chi connectivity index (χ2v) is 7.49. The van der Waals surface area contributed by atoms with Gasteiger partial charge >= 0.3 is 12.1 Å². The molecule has 0 spiro atoms. The molecule has 0 saturated carbocycles. The van der Waals surface area contributed by atoms with Gasteiger partial charge < -0.3 is 5.11 Å². The maximum atomic E-state index is 12.3. The molecule has 0 bridgehead atoms. The first kappa shape index (κ1) is 18.2. The molecular formula is C10H18F3NO4S. The Morgan fingerprint density at radius 1 is 1.21 bits per heavy atom. The van der Waals surface area contributed by atoms with Crippen molar-refractivity contribution in [3.8, 4) is 0 Å². The van der Waals surface area contributed by atoms with Gasteiger partial charge in [-0.25, -0.2) is 8.42 Å². The highest BCUT2D eigenvalue weighted by atomic mass is 32.2. The molecule has 0 saturated heterocycles. The smallest absolute Gasteiger partial charge is 0.402 e. The predicted octanol–water partition coefficient (Wildman–Crippen LogP) is 1.70. The first-order chi connectivity index (χ1) is 8.23. The van der Waals surface area contributed by atoms with E-state index in [1.165, 1.54) is 0 Å². The van der Waals surface area contributed by atoms with Crippen molar-refractivity contribution in [3.05, 3.63) is 0 Å². The molecule has 0 atom stereocenters. The standard InChI is InChI=1S/C10H18F3NO4S/c1-9(2,3)4-5-19(17,18)14(6-8(15)16)7-10(11,12)13/h4-7H2,1-3H3,(H,15,16). The second-order valence-electron chi connectivity index (χ2n) is 5.40. The van der Waals surface area contributed by atoms with Gasteiger partial charge in [-0.15, -0.1) is 0 Å². The summed E-state index contributed by atoms with van der Waals surface area (Å²) >= 11 is 0. The zero-order chi connectivity index (χ0) is 15.5. The van der Waals surface area contributed by atoms with Crippen molar-refractivity contribution >= 4 is 16.0 Å². The molecule has 0 heterocycles. The highest BCUT2D eigenvalue weighted by molar-refractivity contribution is 7.89. The van der Waals surface area contributed by atoms with Crippen molar-refractivity contribution in [2.45, 2.75) is 33.4 Å². The average Bonchev–Trinajstić information content (AvgIpc) is 2.10. The van der Waals surface area contributed by atoms with E-state index in [1.54, 1.807) is 20.8 Å². The monoisotopic (exact) mass is 305 g/mol. The van der Waals surface area contributed by atoms with Crippen molar-refractivity contribution in [2.75, 3.05) is 18.8 Å². The molecule has 0 aliphatic carbocycles. The van der Waals surface area contributed by atoms with Crippen molar-refractivity contribution in [2.24, 2.45) is 5.41 Å². The minimum Gasteiger partial charge on any atom is -0.480 e. The highest BCUT2D eigenvalue weighted by Gasteiger charge is 2.37. The summed E-state index contributed by atoms with van der Waals surface area (Å²) in [6, 6.07) is 0. The fourth-order valence-electron chi connectivity index (χ4n) is 1.17. The summed E-state index contributed by atoms with van der Waals surface area (Å²) < 4.78 is 60.3. The lowest BCUT2D eigenvalue weighted by atomic mass is 9.94. The molecule has 19 heavy (non-hydrogen) atoms. The molecule has 9 heteroatoms. The van der Waals surface area contributed by atoms with Crippen LogP contribution in [0.4, 0.5) is 13.2 Å². The molecule has 0 aliphatic rings. The first-order valence-electron chi connectivity index (χ1n) is 5.49. The Kier molecular flexibility index (Phi) is 5.82. The lowest BCUT2D eigenvalue weighted by Gasteiger charge is -2.24. The summed E-state index contributed by atoms with van der Waals surface area (Å²) in [6.07, 6.45) is -4.63. The molecule has 0 aliphatic heterocycles. The number of carboxylic acid groups (broad SMARTS) is 1. The van der Waals surface area contributed by atoms with Gasteiger partial charge in [0.25, 0.3) is 0 Å². The number of sulfonamides is 1. The van der Waals surface area contributed by atoms with Crippen molar-refractivity contribution in [1.82, 2.24) is 4.31 Å². The fourth-order valence-corrected chi connectivity index (χ4v) is 2.95. The Morgan fingerprint density at radius 2 is 1.68 bits per heavy atom. The normalized spacial score (nSPS) is 13.8. The van der Waals surface area contributed by atoms with E-state index in [1.807, 2.05) is 0 Å². The number of nitrogens with zero attached hydrogens (tertiary/aromatic N) is 1. The molecule has 114 valence electrons. The third-order valence-electron chi connectivity index (χ3n) is 2.17. The molecule has 0 radical (unpaired) electrons. The molecule has 0 rings (SSSR count). The lowest BCUT2D eigenvalue weighted by Crippen LogP contribution is -2.43. The molecule has 1 N–H and O–H groups in total. The van der Waals surface area contributed by atoms with Crippen molar-refractivity contribution in [3.63, 3.8) is 0 Å². The Bertz CT molecular complexity index is 411. The van der Waals surface area contributed by atoms with Crippen LogP contribution in [-0.2, 0) is 14.8 Å². The van der Waals surface area contributed by atoms with E-state index >= 15 is 0 Å². The van der Waals surface area contributed by atoms with Gasteiger partial charge in [-0.1, -0.05) is 20.8 Å². The molecule has 0 aromatic carbocycles. The van der Waals surface area contributed by atoms with Crippen molar-refractivity contribution in [1.29, 1.82) is 0 Å². The Balaban J connectivity index is 4.97. The quantitative estimate of drug-likeness (QED) is 0.810. The maximum absolute atomic E-state index is 12.3. The Hall–Kier alpha value is -0.830. The predicted molar refractivity (Wildman–Crippen MR) is 63.1 cm³/mol. The maximum Gasteiger partial charge on any atom is 0.402 e. The van der Waals surface area contributed by atoms with E-state index in [4.69, 9.17) is 5.11 Å². The van der Waals surface area contributed by atoms with Gasteiger partial charge in [-0.3, -0.25) is 4.79 Å². The minimum absolute atomic E-state index is 0.0406. The van der Waals surface area contributed by atoms with Crippen LogP contribution in [0, 0.1) is 5.41 Å². The largest absolute Gasteiger partial charge is 0.480 e. The number of hydrogen-bond donors (Lipinski definition) is 1. The van der Waals surface area contributed by atoms with E-state index in [0.717, 1.165) is 0 Å². The summed E-state index contributed by atoms with van der Waals surface area (Å²) in [7, 11) is -4.25. The summed E-state index contributed by atoms with van der Waals surface area (Å²) in [6.45, 7) is 2.26. The van der Waals surface area contributed by atoms with Crippen LogP contribution >= 0.6 is 0 Å². The second kappa shape index (κ2) is 6.08. The first-order valence-corrected chi connectivity index (χ1v) is 7.10. The third-order valence-corrected chi connectivity index (χ3v) is 3.94. The number of rotatable bonds is 6. The van der Waals surface area contributed by atoms with Gasteiger partial charge in [0.15, 0.2) is 0 Å². The lowest BCUT2D eigenvalue weighted by molar-refractivity contribution is -0.146. The molecule has 0 unspecified atom stereocenters. The number of carboxylic acids is 1. The summed E-state index contributed by atoms with van der Waals surface area (Å²) in [5.74, 6) is -2.14. The Morgan fingerprint density at radius 3 is 2.00 bits per heavy atom. The molecule has 0 fully saturated rings. The summed E-state index contributed by atoms with van der Waals surface area (Å²) in [5, 5.41) is 8.50. The molecule has 0 aromatic rings. The van der Waals surface area contributed by atoms with Gasteiger partial charge in [0, 0.05) is 0 Å². The Labute approximate surface area is 110 Å². The number of hydrogen-bond acceptors (Lipinski definition) is 3. The van der Waals surface area contributed by atoms with Crippen LogP contribution in [0.3, 0.4) is 0 Å². The highest BCUT2D eigenvalue weighted by Crippen LogP contribution is 2.23. The van der Waals surface area contributed by atoms with Gasteiger partial charge in [-0.05, 0) is 11.8 Å². The topological polar surface area (TPSA) is 74.7 Å². The SMILES string of the molecule is CC(C)(C)CCS(=O)(=O)N(CC(=O)O)CC(F)(F)F. The van der Waals surface area contributed by atoms with E-state index < -0.39 is 41.0 Å². The summed E-state index contributed by atoms with van der Waals surface area (Å²) in [4.78, 5) is 10.5.